The molecule has 0 bridgehead atoms. The molecule has 1 aliphatic heterocycles. The van der Waals surface area contributed by atoms with E-state index in [1.807, 2.05) is 0 Å². The number of para-hydroxylation sites is 2. The molecule has 7 heteroatoms. The fraction of sp³-hybridized carbons (Fsp3) is 0.125. The lowest BCUT2D eigenvalue weighted by Gasteiger charge is -2.28. The second-order valence-electron chi connectivity index (χ2n) is 3.12. The van der Waals surface area contributed by atoms with Gasteiger partial charge in [0.25, 0.3) is 10.2 Å². The molecule has 1 aliphatic rings. The first kappa shape index (κ1) is 9.94. The van der Waals surface area contributed by atoms with Crippen LogP contribution in [0.25, 0.3) is 0 Å². The summed E-state index contributed by atoms with van der Waals surface area (Å²) in [6, 6.07) is 6.57. The van der Waals surface area contributed by atoms with Crippen LogP contribution < -0.4 is 14.8 Å². The Morgan fingerprint density at radius 3 is 2.67 bits per heavy atom. The van der Waals surface area contributed by atoms with E-state index in [1.165, 1.54) is 0 Å². The molecule has 0 saturated heterocycles. The molecule has 80 valence electrons. The number of fused-ring (bicyclic) bond motifs is 1. The van der Waals surface area contributed by atoms with Crippen LogP contribution in [-0.4, -0.2) is 20.9 Å². The van der Waals surface area contributed by atoms with Crippen LogP contribution in [0.2, 0.25) is 0 Å². The lowest BCUT2D eigenvalue weighted by atomic mass is 10.2. The maximum atomic E-state index is 11.2. The average Bonchev–Trinajstić information content (AvgIpc) is 2.15. The van der Waals surface area contributed by atoms with Gasteiger partial charge in [-0.15, -0.1) is 0 Å². The first-order valence-electron chi connectivity index (χ1n) is 4.18. The lowest BCUT2D eigenvalue weighted by Crippen LogP contribution is -2.45. The number of hydrogen-bond donors (Lipinski definition) is 2. The zero-order valence-corrected chi connectivity index (χ0v) is 8.49. The third-order valence-electron chi connectivity index (χ3n) is 2.04. The summed E-state index contributed by atoms with van der Waals surface area (Å²) < 4.78 is 23.3. The predicted molar refractivity (Wildman–Crippen MR) is 55.5 cm³/mol. The number of benzene rings is 1. The van der Waals surface area contributed by atoms with Crippen molar-refractivity contribution in [3.8, 4) is 0 Å². The maximum Gasteiger partial charge on any atom is 0.299 e. The Labute approximate surface area is 86.9 Å². The molecule has 1 heterocycles. The lowest BCUT2D eigenvalue weighted by molar-refractivity contribution is -0.115. The van der Waals surface area contributed by atoms with Gasteiger partial charge < -0.3 is 5.32 Å². The van der Waals surface area contributed by atoms with Gasteiger partial charge in [0.05, 0.1) is 11.4 Å². The molecule has 3 N–H and O–H groups in total. The SMILES string of the molecule is NS(=O)(=O)N1CC(=O)Nc2ccccc21. The Morgan fingerprint density at radius 1 is 1.33 bits per heavy atom. The maximum absolute atomic E-state index is 11.2. The van der Waals surface area contributed by atoms with Crippen molar-refractivity contribution in [3.63, 3.8) is 0 Å². The van der Waals surface area contributed by atoms with Crippen LogP contribution in [0.5, 0.6) is 0 Å². The van der Waals surface area contributed by atoms with Crippen LogP contribution in [0.3, 0.4) is 0 Å². The normalized spacial score (nSPS) is 15.8. The second kappa shape index (κ2) is 3.21. The average molecular weight is 227 g/mol. The summed E-state index contributed by atoms with van der Waals surface area (Å²) in [5.74, 6) is -0.400. The molecule has 0 spiro atoms. The second-order valence-corrected chi connectivity index (χ2v) is 4.59. The minimum atomic E-state index is -3.90. The highest BCUT2D eigenvalue weighted by Gasteiger charge is 2.28. The molecule has 0 aromatic heterocycles. The van der Waals surface area contributed by atoms with Gasteiger partial charge in [-0.3, -0.25) is 4.79 Å². The Balaban J connectivity index is 2.57. The van der Waals surface area contributed by atoms with Gasteiger partial charge in [0.15, 0.2) is 0 Å². The molecule has 0 unspecified atom stereocenters. The number of amides is 1. The van der Waals surface area contributed by atoms with Gasteiger partial charge in [-0.25, -0.2) is 9.44 Å². The molecule has 1 aromatic rings. The van der Waals surface area contributed by atoms with Crippen LogP contribution in [0.15, 0.2) is 24.3 Å². The monoisotopic (exact) mass is 227 g/mol. The number of nitrogens with one attached hydrogen (secondary N) is 1. The summed E-state index contributed by atoms with van der Waals surface area (Å²) in [4.78, 5) is 11.2. The number of nitrogens with zero attached hydrogens (tertiary/aromatic N) is 1. The summed E-state index contributed by atoms with van der Waals surface area (Å²) in [6.07, 6.45) is 0. The van der Waals surface area contributed by atoms with Crippen molar-refractivity contribution in [2.24, 2.45) is 5.14 Å². The van der Waals surface area contributed by atoms with Gasteiger partial charge in [0, 0.05) is 0 Å². The van der Waals surface area contributed by atoms with E-state index < -0.39 is 16.1 Å². The van der Waals surface area contributed by atoms with Gasteiger partial charge >= 0.3 is 0 Å². The van der Waals surface area contributed by atoms with Crippen molar-refractivity contribution >= 4 is 27.5 Å². The Bertz CT molecular complexity index is 512. The molecule has 0 saturated carbocycles. The zero-order chi connectivity index (χ0) is 11.1. The van der Waals surface area contributed by atoms with E-state index in [4.69, 9.17) is 5.14 Å². The standard InChI is InChI=1S/C8H9N3O3S/c9-15(13,14)11-5-8(12)10-6-3-1-2-4-7(6)11/h1-4H,5H2,(H,10,12)(H2,9,13,14). The smallest absolute Gasteiger partial charge is 0.299 e. The van der Waals surface area contributed by atoms with E-state index in [1.54, 1.807) is 24.3 Å². The van der Waals surface area contributed by atoms with Crippen LogP contribution in [0.4, 0.5) is 11.4 Å². The van der Waals surface area contributed by atoms with Crippen molar-refractivity contribution in [1.29, 1.82) is 0 Å². The van der Waals surface area contributed by atoms with Crippen molar-refractivity contribution < 1.29 is 13.2 Å². The van der Waals surface area contributed by atoms with Gasteiger partial charge in [-0.2, -0.15) is 8.42 Å². The largest absolute Gasteiger partial charge is 0.323 e. The summed E-state index contributed by atoms with van der Waals surface area (Å²) >= 11 is 0. The highest BCUT2D eigenvalue weighted by Crippen LogP contribution is 2.29. The molecule has 15 heavy (non-hydrogen) atoms. The molecule has 0 radical (unpaired) electrons. The highest BCUT2D eigenvalue weighted by molar-refractivity contribution is 7.90. The predicted octanol–water partition coefficient (Wildman–Crippen LogP) is -0.351. The summed E-state index contributed by atoms with van der Waals surface area (Å²) in [5.41, 5.74) is 0.836. The molecule has 0 fully saturated rings. The molecular formula is C8H9N3O3S. The fourth-order valence-electron chi connectivity index (χ4n) is 1.43. The topological polar surface area (TPSA) is 92.5 Å². The third-order valence-corrected chi connectivity index (χ3v) is 2.98. The van der Waals surface area contributed by atoms with Gasteiger partial charge in [-0.1, -0.05) is 12.1 Å². The van der Waals surface area contributed by atoms with E-state index in [2.05, 4.69) is 5.32 Å². The summed E-state index contributed by atoms with van der Waals surface area (Å²) in [6.45, 7) is -0.282. The fourth-order valence-corrected chi connectivity index (χ4v) is 2.16. The number of rotatable bonds is 1. The number of carbonyl (C=O) groups is 1. The van der Waals surface area contributed by atoms with Crippen LogP contribution in [0.1, 0.15) is 0 Å². The number of nitrogens with two attached hydrogens (primary N) is 1. The van der Waals surface area contributed by atoms with Crippen LogP contribution >= 0.6 is 0 Å². The van der Waals surface area contributed by atoms with E-state index in [0.29, 0.717) is 11.4 Å². The van der Waals surface area contributed by atoms with Crippen molar-refractivity contribution in [2.45, 2.75) is 0 Å². The summed E-state index contributed by atoms with van der Waals surface area (Å²) in [7, 11) is -3.90. The number of anilines is 2. The molecule has 1 amide bonds. The molecular weight excluding hydrogens is 218 g/mol. The van der Waals surface area contributed by atoms with E-state index in [-0.39, 0.29) is 6.54 Å². The van der Waals surface area contributed by atoms with E-state index in [0.717, 1.165) is 4.31 Å². The molecule has 0 aliphatic carbocycles. The van der Waals surface area contributed by atoms with Crippen molar-refractivity contribution in [3.05, 3.63) is 24.3 Å². The Hall–Kier alpha value is -1.60. The van der Waals surface area contributed by atoms with E-state index in [9.17, 15) is 13.2 Å². The molecule has 1 aromatic carbocycles. The van der Waals surface area contributed by atoms with Crippen molar-refractivity contribution in [2.75, 3.05) is 16.2 Å². The van der Waals surface area contributed by atoms with Crippen LogP contribution in [-0.2, 0) is 15.0 Å². The molecule has 2 rings (SSSR count). The number of hydrogen-bond acceptors (Lipinski definition) is 3. The van der Waals surface area contributed by atoms with Crippen molar-refractivity contribution in [1.82, 2.24) is 0 Å². The first-order chi connectivity index (χ1) is 6.98. The number of carbonyl (C=O) groups excluding carboxylic acids is 1. The van der Waals surface area contributed by atoms with Gasteiger partial charge in [0.1, 0.15) is 6.54 Å². The summed E-state index contributed by atoms with van der Waals surface area (Å²) in [5, 5.41) is 7.57. The third kappa shape index (κ3) is 1.79. The first-order valence-corrected chi connectivity index (χ1v) is 5.68. The minimum absolute atomic E-state index is 0.282. The van der Waals surface area contributed by atoms with Gasteiger partial charge in [-0.05, 0) is 12.1 Å². The molecule has 0 atom stereocenters. The zero-order valence-electron chi connectivity index (χ0n) is 7.67. The quantitative estimate of drug-likeness (QED) is 0.686. The van der Waals surface area contributed by atoms with E-state index >= 15 is 0 Å². The Kier molecular flexibility index (Phi) is 2.13. The minimum Gasteiger partial charge on any atom is -0.323 e. The van der Waals surface area contributed by atoms with Crippen LogP contribution in [0, 0.1) is 0 Å². The Morgan fingerprint density at radius 2 is 2.00 bits per heavy atom. The molecule has 6 nitrogen and oxygen atoms in total. The highest BCUT2D eigenvalue weighted by atomic mass is 32.2. The van der Waals surface area contributed by atoms with Gasteiger partial charge in [0.2, 0.25) is 5.91 Å².